The molecule has 0 spiro atoms. The summed E-state index contributed by atoms with van der Waals surface area (Å²) in [6.07, 6.45) is 0. The molecule has 0 fully saturated rings. The smallest absolute Gasteiger partial charge is 0.314 e. The summed E-state index contributed by atoms with van der Waals surface area (Å²) in [5.41, 5.74) is 3.08. The van der Waals surface area contributed by atoms with Crippen molar-refractivity contribution in [3.63, 3.8) is 0 Å². The molecule has 20 heavy (non-hydrogen) atoms. The summed E-state index contributed by atoms with van der Waals surface area (Å²) < 4.78 is 10.1. The second kappa shape index (κ2) is 5.73. The zero-order valence-electron chi connectivity index (χ0n) is 11.4. The molecule has 6 heteroatoms. The summed E-state index contributed by atoms with van der Waals surface area (Å²) in [7, 11) is 3.07. The Morgan fingerprint density at radius 3 is 2.85 bits per heavy atom. The van der Waals surface area contributed by atoms with Gasteiger partial charge in [-0.2, -0.15) is 0 Å². The quantitative estimate of drug-likeness (QED) is 0.832. The molecule has 1 unspecified atom stereocenters. The lowest BCUT2D eigenvalue weighted by Crippen LogP contribution is -2.32. The third-order valence-electron chi connectivity index (χ3n) is 3.61. The van der Waals surface area contributed by atoms with Crippen molar-refractivity contribution >= 4 is 29.3 Å². The lowest BCUT2D eigenvalue weighted by molar-refractivity contribution is -0.142. The van der Waals surface area contributed by atoms with Crippen LogP contribution < -0.4 is 10.1 Å². The Morgan fingerprint density at radius 1 is 1.35 bits per heavy atom. The predicted octanol–water partition coefficient (Wildman–Crippen LogP) is 1.96. The van der Waals surface area contributed by atoms with Gasteiger partial charge in [-0.05, 0) is 17.7 Å². The molecular weight excluding hydrogens is 280 g/mol. The molecule has 0 radical (unpaired) electrons. The van der Waals surface area contributed by atoms with Gasteiger partial charge in [-0.3, -0.25) is 4.79 Å². The maximum atomic E-state index is 11.9. The molecule has 1 aromatic heterocycles. The van der Waals surface area contributed by atoms with Crippen LogP contribution in [0.1, 0.15) is 17.2 Å². The van der Waals surface area contributed by atoms with Gasteiger partial charge in [-0.25, -0.2) is 0 Å². The number of hydrogen-bond acceptors (Lipinski definition) is 4. The van der Waals surface area contributed by atoms with E-state index in [9.17, 15) is 4.79 Å². The van der Waals surface area contributed by atoms with Crippen molar-refractivity contribution in [2.45, 2.75) is 12.5 Å². The Hall–Kier alpha value is -1.72. The monoisotopic (exact) mass is 296 g/mol. The van der Waals surface area contributed by atoms with Crippen LogP contribution in [0.4, 0.5) is 0 Å². The largest absolute Gasteiger partial charge is 0.497 e. The Kier molecular flexibility index (Phi) is 4.20. The molecule has 0 saturated heterocycles. The number of H-pyrrole nitrogens is 1. The first-order valence-electron chi connectivity index (χ1n) is 6.21. The van der Waals surface area contributed by atoms with E-state index in [1.54, 1.807) is 7.11 Å². The number of ether oxygens (including phenoxy) is 2. The van der Waals surface area contributed by atoms with Crippen molar-refractivity contribution in [2.75, 3.05) is 20.8 Å². The molecule has 0 saturated carbocycles. The standard InChI is InChI=1S/C14H16N2O3.ClH/c1-18-8-3-4-9-11(5-8)16-12-7-15-6-10(13(9)12)14(17)19-2;/h3-5,10,15-16H,6-7H2,1-2H3;1H. The van der Waals surface area contributed by atoms with E-state index >= 15 is 0 Å². The number of rotatable bonds is 2. The summed E-state index contributed by atoms with van der Waals surface area (Å²) >= 11 is 0. The number of fused-ring (bicyclic) bond motifs is 3. The van der Waals surface area contributed by atoms with Crippen LogP contribution >= 0.6 is 12.4 Å². The summed E-state index contributed by atoms with van der Waals surface area (Å²) in [5, 5.41) is 4.30. The Balaban J connectivity index is 0.00000147. The van der Waals surface area contributed by atoms with Crippen molar-refractivity contribution in [3.8, 4) is 5.75 Å². The highest BCUT2D eigenvalue weighted by molar-refractivity contribution is 5.92. The summed E-state index contributed by atoms with van der Waals surface area (Å²) in [6.45, 7) is 1.35. The van der Waals surface area contributed by atoms with E-state index in [0.717, 1.165) is 34.5 Å². The number of aromatic amines is 1. The number of carbonyl (C=O) groups is 1. The van der Waals surface area contributed by atoms with Gasteiger partial charge < -0.3 is 19.8 Å². The molecule has 2 N–H and O–H groups in total. The van der Waals surface area contributed by atoms with Crippen molar-refractivity contribution in [2.24, 2.45) is 0 Å². The van der Waals surface area contributed by atoms with Gasteiger partial charge in [0.2, 0.25) is 0 Å². The van der Waals surface area contributed by atoms with E-state index in [4.69, 9.17) is 9.47 Å². The van der Waals surface area contributed by atoms with Gasteiger partial charge in [0.25, 0.3) is 0 Å². The maximum Gasteiger partial charge on any atom is 0.314 e. The van der Waals surface area contributed by atoms with Gasteiger partial charge in [-0.1, -0.05) is 0 Å². The van der Waals surface area contributed by atoms with Crippen LogP contribution in [0.2, 0.25) is 0 Å². The molecule has 1 aliphatic rings. The summed E-state index contributed by atoms with van der Waals surface area (Å²) in [4.78, 5) is 15.2. The minimum atomic E-state index is -0.254. The van der Waals surface area contributed by atoms with Crippen LogP contribution in [0, 0.1) is 0 Å². The zero-order valence-corrected chi connectivity index (χ0v) is 12.2. The highest BCUT2D eigenvalue weighted by atomic mass is 35.5. The number of nitrogens with one attached hydrogen (secondary N) is 2. The SMILES string of the molecule is COC(=O)C1CNCc2[nH]c3cc(OC)ccc3c21.Cl. The summed E-state index contributed by atoms with van der Waals surface area (Å²) in [5.74, 6) is 0.342. The molecule has 1 aromatic carbocycles. The third-order valence-corrected chi connectivity index (χ3v) is 3.61. The molecule has 1 atom stereocenters. The lowest BCUT2D eigenvalue weighted by atomic mass is 9.93. The molecule has 2 heterocycles. The van der Waals surface area contributed by atoms with Crippen molar-refractivity contribution in [3.05, 3.63) is 29.5 Å². The first-order chi connectivity index (χ1) is 9.24. The van der Waals surface area contributed by atoms with E-state index in [0.29, 0.717) is 6.54 Å². The van der Waals surface area contributed by atoms with Gasteiger partial charge in [0.05, 0.1) is 20.1 Å². The Labute approximate surface area is 123 Å². The number of esters is 1. The van der Waals surface area contributed by atoms with Crippen molar-refractivity contribution in [1.29, 1.82) is 0 Å². The highest BCUT2D eigenvalue weighted by Gasteiger charge is 2.30. The van der Waals surface area contributed by atoms with Crippen LogP contribution in [-0.4, -0.2) is 31.7 Å². The molecule has 1 aliphatic heterocycles. The second-order valence-corrected chi connectivity index (χ2v) is 4.64. The van der Waals surface area contributed by atoms with Gasteiger partial charge in [0.15, 0.2) is 0 Å². The molecule has 0 aliphatic carbocycles. The average Bonchev–Trinajstić information content (AvgIpc) is 2.83. The maximum absolute atomic E-state index is 11.9. The number of hydrogen-bond donors (Lipinski definition) is 2. The van der Waals surface area contributed by atoms with Crippen LogP contribution in [0.25, 0.3) is 10.9 Å². The predicted molar refractivity (Wildman–Crippen MR) is 78.6 cm³/mol. The van der Waals surface area contributed by atoms with Gasteiger partial charge in [-0.15, -0.1) is 12.4 Å². The first-order valence-corrected chi connectivity index (χ1v) is 6.21. The van der Waals surface area contributed by atoms with Crippen LogP contribution in [0.3, 0.4) is 0 Å². The molecular formula is C14H17ClN2O3. The van der Waals surface area contributed by atoms with E-state index in [2.05, 4.69) is 10.3 Å². The number of carbonyl (C=O) groups excluding carboxylic acids is 1. The van der Waals surface area contributed by atoms with E-state index < -0.39 is 0 Å². The van der Waals surface area contributed by atoms with Crippen molar-refractivity contribution in [1.82, 2.24) is 10.3 Å². The lowest BCUT2D eigenvalue weighted by Gasteiger charge is -2.21. The fourth-order valence-corrected chi connectivity index (χ4v) is 2.71. The molecule has 108 valence electrons. The fraction of sp³-hybridized carbons (Fsp3) is 0.357. The number of methoxy groups -OCH3 is 2. The highest BCUT2D eigenvalue weighted by Crippen LogP contribution is 2.34. The average molecular weight is 297 g/mol. The molecule has 0 bridgehead atoms. The first kappa shape index (κ1) is 14.7. The normalized spacial score (nSPS) is 17.2. The van der Waals surface area contributed by atoms with E-state index in [1.165, 1.54) is 7.11 Å². The number of benzene rings is 1. The number of aromatic nitrogens is 1. The molecule has 3 rings (SSSR count). The molecule has 0 amide bonds. The minimum absolute atomic E-state index is 0. The van der Waals surface area contributed by atoms with Crippen LogP contribution in [-0.2, 0) is 16.1 Å². The second-order valence-electron chi connectivity index (χ2n) is 4.64. The Morgan fingerprint density at radius 2 is 2.15 bits per heavy atom. The minimum Gasteiger partial charge on any atom is -0.497 e. The zero-order chi connectivity index (χ0) is 13.4. The van der Waals surface area contributed by atoms with Gasteiger partial charge >= 0.3 is 5.97 Å². The van der Waals surface area contributed by atoms with Gasteiger partial charge in [0.1, 0.15) is 5.75 Å². The number of halogens is 1. The molecule has 2 aromatic rings. The topological polar surface area (TPSA) is 63.3 Å². The molecule has 5 nitrogen and oxygen atoms in total. The van der Waals surface area contributed by atoms with E-state index in [-0.39, 0.29) is 24.3 Å². The van der Waals surface area contributed by atoms with Gasteiger partial charge in [0, 0.05) is 35.8 Å². The van der Waals surface area contributed by atoms with Crippen LogP contribution in [0.5, 0.6) is 5.75 Å². The third kappa shape index (κ3) is 2.23. The van der Waals surface area contributed by atoms with E-state index in [1.807, 2.05) is 18.2 Å². The Bertz CT molecular complexity index is 639. The fourth-order valence-electron chi connectivity index (χ4n) is 2.71. The summed E-state index contributed by atoms with van der Waals surface area (Å²) in [6, 6.07) is 5.85. The van der Waals surface area contributed by atoms with Crippen LogP contribution in [0.15, 0.2) is 18.2 Å². The van der Waals surface area contributed by atoms with Crippen molar-refractivity contribution < 1.29 is 14.3 Å².